The number of hydrogen-bond acceptors (Lipinski definition) is 2. The van der Waals surface area contributed by atoms with Gasteiger partial charge in [-0.25, -0.2) is 9.18 Å². The van der Waals surface area contributed by atoms with E-state index in [-0.39, 0.29) is 11.1 Å². The molecule has 1 rings (SSSR count). The minimum absolute atomic E-state index is 0.121. The Labute approximate surface area is 86.2 Å². The maximum atomic E-state index is 13.2. The molecule has 0 aliphatic carbocycles. The molecule has 0 bridgehead atoms. The number of hydrogen-bond donors (Lipinski definition) is 0. The van der Waals surface area contributed by atoms with Crippen LogP contribution in [0.4, 0.5) is 8.78 Å². The average molecular weight is 212 g/mol. The lowest BCUT2D eigenvalue weighted by Crippen LogP contribution is -2.10. The fourth-order valence-corrected chi connectivity index (χ4v) is 0.894. The third-order valence-electron chi connectivity index (χ3n) is 1.79. The molecule has 0 radical (unpaired) electrons. The van der Waals surface area contributed by atoms with Gasteiger partial charge in [0, 0.05) is 5.57 Å². The maximum Gasteiger partial charge on any atom is 0.338 e. The second-order valence-electron chi connectivity index (χ2n) is 3.18. The van der Waals surface area contributed by atoms with Crippen molar-refractivity contribution in [3.63, 3.8) is 0 Å². The van der Waals surface area contributed by atoms with Crippen molar-refractivity contribution < 1.29 is 18.3 Å². The van der Waals surface area contributed by atoms with Crippen molar-refractivity contribution >= 4 is 5.97 Å². The number of halogens is 2. The van der Waals surface area contributed by atoms with Crippen molar-refractivity contribution in [2.45, 2.75) is 13.8 Å². The first-order valence-corrected chi connectivity index (χ1v) is 4.25. The van der Waals surface area contributed by atoms with Gasteiger partial charge in [-0.1, -0.05) is 12.6 Å². The molecule has 0 unspecified atom stereocenters. The highest BCUT2D eigenvalue weighted by Crippen LogP contribution is 2.22. The summed E-state index contributed by atoms with van der Waals surface area (Å²) in [5, 5.41) is 0. The van der Waals surface area contributed by atoms with E-state index in [1.807, 2.05) is 0 Å². The number of carbonyl (C=O) groups excluding carboxylic acids is 1. The summed E-state index contributed by atoms with van der Waals surface area (Å²) in [6.07, 6.45) is 0. The van der Waals surface area contributed by atoms with Gasteiger partial charge in [0.05, 0.1) is 0 Å². The van der Waals surface area contributed by atoms with Crippen LogP contribution in [0, 0.1) is 18.6 Å². The fraction of sp³-hybridized carbons (Fsp3) is 0.182. The van der Waals surface area contributed by atoms with Crippen LogP contribution in [0.1, 0.15) is 12.5 Å². The second-order valence-corrected chi connectivity index (χ2v) is 3.18. The summed E-state index contributed by atoms with van der Waals surface area (Å²) in [5.41, 5.74) is 0.276. The van der Waals surface area contributed by atoms with Crippen LogP contribution in [0.2, 0.25) is 0 Å². The lowest BCUT2D eigenvalue weighted by atomic mass is 10.2. The van der Waals surface area contributed by atoms with E-state index >= 15 is 0 Å². The molecule has 0 heterocycles. The smallest absolute Gasteiger partial charge is 0.338 e. The van der Waals surface area contributed by atoms with E-state index in [0.29, 0.717) is 0 Å². The van der Waals surface area contributed by atoms with Crippen LogP contribution in [-0.4, -0.2) is 5.97 Å². The third kappa shape index (κ3) is 2.40. The number of benzene rings is 1. The lowest BCUT2D eigenvalue weighted by molar-refractivity contribution is -0.130. The van der Waals surface area contributed by atoms with E-state index in [2.05, 4.69) is 11.3 Å². The van der Waals surface area contributed by atoms with Crippen LogP contribution >= 0.6 is 0 Å². The standard InChI is InChI=1S/C11H10F2O2/c1-6(2)11(14)15-8-5-4-7(3)9(12)10(8)13/h4-5H,1H2,2-3H3. The molecular weight excluding hydrogens is 202 g/mol. The number of carbonyl (C=O) groups is 1. The van der Waals surface area contributed by atoms with Gasteiger partial charge in [0.2, 0.25) is 5.82 Å². The first-order chi connectivity index (χ1) is 6.93. The van der Waals surface area contributed by atoms with Crippen molar-refractivity contribution in [1.29, 1.82) is 0 Å². The third-order valence-corrected chi connectivity index (χ3v) is 1.79. The Morgan fingerprint density at radius 1 is 1.33 bits per heavy atom. The molecule has 2 nitrogen and oxygen atoms in total. The Balaban J connectivity index is 3.02. The van der Waals surface area contributed by atoms with E-state index in [0.717, 1.165) is 0 Å². The Kier molecular flexibility index (Phi) is 3.19. The molecule has 0 spiro atoms. The van der Waals surface area contributed by atoms with Crippen molar-refractivity contribution in [1.82, 2.24) is 0 Å². The molecule has 1 aromatic carbocycles. The summed E-state index contributed by atoms with van der Waals surface area (Å²) in [4.78, 5) is 11.0. The van der Waals surface area contributed by atoms with Crippen molar-refractivity contribution in [3.05, 3.63) is 41.5 Å². The molecule has 4 heteroatoms. The second kappa shape index (κ2) is 4.21. The number of aryl methyl sites for hydroxylation is 1. The molecular formula is C11H10F2O2. The quantitative estimate of drug-likeness (QED) is 0.428. The predicted molar refractivity (Wildman–Crippen MR) is 51.5 cm³/mol. The van der Waals surface area contributed by atoms with E-state index in [4.69, 9.17) is 0 Å². The number of rotatable bonds is 2. The van der Waals surface area contributed by atoms with E-state index < -0.39 is 23.4 Å². The monoisotopic (exact) mass is 212 g/mol. The molecule has 1 aromatic rings. The number of ether oxygens (including phenoxy) is 1. The molecule has 80 valence electrons. The molecule has 0 amide bonds. The highest BCUT2D eigenvalue weighted by atomic mass is 19.2. The summed E-state index contributed by atoms with van der Waals surface area (Å²) in [5.74, 6) is -3.38. The zero-order chi connectivity index (χ0) is 11.6. The highest BCUT2D eigenvalue weighted by molar-refractivity contribution is 5.88. The molecule has 15 heavy (non-hydrogen) atoms. The van der Waals surface area contributed by atoms with Crippen LogP contribution in [0.15, 0.2) is 24.3 Å². The van der Waals surface area contributed by atoms with E-state index in [1.54, 1.807) is 0 Å². The summed E-state index contributed by atoms with van der Waals surface area (Å²) in [7, 11) is 0. The topological polar surface area (TPSA) is 26.3 Å². The van der Waals surface area contributed by atoms with Crippen LogP contribution in [0.25, 0.3) is 0 Å². The van der Waals surface area contributed by atoms with E-state index in [9.17, 15) is 13.6 Å². The average Bonchev–Trinajstić information content (AvgIpc) is 2.18. The minimum atomic E-state index is -1.16. The molecule has 0 fully saturated rings. The van der Waals surface area contributed by atoms with E-state index in [1.165, 1.54) is 26.0 Å². The summed E-state index contributed by atoms with van der Waals surface area (Å²) in [6.45, 7) is 6.17. The molecule has 0 saturated carbocycles. The van der Waals surface area contributed by atoms with Crippen molar-refractivity contribution in [2.24, 2.45) is 0 Å². The van der Waals surface area contributed by atoms with Crippen LogP contribution in [-0.2, 0) is 4.79 Å². The largest absolute Gasteiger partial charge is 0.420 e. The Bertz CT molecular complexity index is 425. The van der Waals surface area contributed by atoms with Gasteiger partial charge in [0.1, 0.15) is 0 Å². The maximum absolute atomic E-state index is 13.2. The Morgan fingerprint density at radius 2 is 1.93 bits per heavy atom. The molecule has 0 aliphatic heterocycles. The zero-order valence-electron chi connectivity index (χ0n) is 8.43. The Hall–Kier alpha value is -1.71. The lowest BCUT2D eigenvalue weighted by Gasteiger charge is -2.06. The first kappa shape index (κ1) is 11.4. The predicted octanol–water partition coefficient (Wildman–Crippen LogP) is 2.75. The van der Waals surface area contributed by atoms with Gasteiger partial charge in [-0.2, -0.15) is 4.39 Å². The molecule has 0 aliphatic rings. The molecule has 0 atom stereocenters. The van der Waals surface area contributed by atoms with Crippen molar-refractivity contribution in [2.75, 3.05) is 0 Å². The van der Waals surface area contributed by atoms with Gasteiger partial charge in [-0.3, -0.25) is 0 Å². The minimum Gasteiger partial charge on any atom is -0.420 e. The summed E-state index contributed by atoms with van der Waals surface area (Å²) >= 11 is 0. The SMILES string of the molecule is C=C(C)C(=O)Oc1ccc(C)c(F)c1F. The van der Waals surface area contributed by atoms with Gasteiger partial charge < -0.3 is 4.74 Å². The molecule has 0 saturated heterocycles. The summed E-state index contributed by atoms with van der Waals surface area (Å²) < 4.78 is 30.8. The van der Waals surface area contributed by atoms with Gasteiger partial charge in [0.25, 0.3) is 0 Å². The molecule has 0 aromatic heterocycles. The fourth-order valence-electron chi connectivity index (χ4n) is 0.894. The van der Waals surface area contributed by atoms with Crippen LogP contribution in [0.5, 0.6) is 5.75 Å². The van der Waals surface area contributed by atoms with Gasteiger partial charge in [0.15, 0.2) is 11.6 Å². The van der Waals surface area contributed by atoms with Crippen molar-refractivity contribution in [3.8, 4) is 5.75 Å². The first-order valence-electron chi connectivity index (χ1n) is 4.25. The van der Waals surface area contributed by atoms with Crippen LogP contribution < -0.4 is 4.74 Å². The van der Waals surface area contributed by atoms with Gasteiger partial charge >= 0.3 is 5.97 Å². The zero-order valence-corrected chi connectivity index (χ0v) is 8.43. The number of esters is 1. The Morgan fingerprint density at radius 3 is 2.47 bits per heavy atom. The highest BCUT2D eigenvalue weighted by Gasteiger charge is 2.15. The summed E-state index contributed by atoms with van der Waals surface area (Å²) in [6, 6.07) is 2.54. The van der Waals surface area contributed by atoms with Gasteiger partial charge in [-0.05, 0) is 25.5 Å². The normalized spacial score (nSPS) is 9.87. The molecule has 0 N–H and O–H groups in total. The van der Waals surface area contributed by atoms with Gasteiger partial charge in [-0.15, -0.1) is 0 Å². The van der Waals surface area contributed by atoms with Crippen LogP contribution in [0.3, 0.4) is 0 Å².